The Balaban J connectivity index is 1.85. The quantitative estimate of drug-likeness (QED) is 0.795. The number of methoxy groups -OCH3 is 1. The van der Waals surface area contributed by atoms with Crippen molar-refractivity contribution in [2.24, 2.45) is 0 Å². The van der Waals surface area contributed by atoms with E-state index in [9.17, 15) is 9.59 Å². The molecule has 0 saturated carbocycles. The minimum absolute atomic E-state index is 0.0434. The van der Waals surface area contributed by atoms with Crippen LogP contribution in [0.5, 0.6) is 0 Å². The van der Waals surface area contributed by atoms with E-state index in [0.717, 1.165) is 5.56 Å². The van der Waals surface area contributed by atoms with E-state index in [1.807, 2.05) is 36.4 Å². The maximum absolute atomic E-state index is 12.2. The molecule has 0 atom stereocenters. The van der Waals surface area contributed by atoms with Crippen LogP contribution < -0.4 is 5.32 Å². The highest BCUT2D eigenvalue weighted by molar-refractivity contribution is 5.95. The fraction of sp³-hybridized carbons (Fsp3) is 0.263. The first kappa shape index (κ1) is 17.5. The van der Waals surface area contributed by atoms with Crippen molar-refractivity contribution in [3.8, 4) is 0 Å². The first-order chi connectivity index (χ1) is 11.6. The molecular formula is C19H22N2O3. The lowest BCUT2D eigenvalue weighted by Crippen LogP contribution is -2.27. The van der Waals surface area contributed by atoms with Gasteiger partial charge in [0.2, 0.25) is 5.91 Å². The van der Waals surface area contributed by atoms with E-state index >= 15 is 0 Å². The lowest BCUT2D eigenvalue weighted by Gasteiger charge is -2.18. The summed E-state index contributed by atoms with van der Waals surface area (Å²) in [5.41, 5.74) is 2.23. The molecule has 0 aliphatic carbocycles. The Morgan fingerprint density at radius 1 is 1.04 bits per heavy atom. The number of hydrogen-bond donors (Lipinski definition) is 1. The van der Waals surface area contributed by atoms with Gasteiger partial charge >= 0.3 is 5.97 Å². The van der Waals surface area contributed by atoms with Crippen molar-refractivity contribution >= 4 is 17.6 Å². The molecule has 5 heteroatoms. The van der Waals surface area contributed by atoms with E-state index in [4.69, 9.17) is 4.74 Å². The molecule has 0 aromatic heterocycles. The lowest BCUT2D eigenvalue weighted by atomic mass is 10.1. The summed E-state index contributed by atoms with van der Waals surface area (Å²) in [7, 11) is 3.14. The summed E-state index contributed by atoms with van der Waals surface area (Å²) in [6.45, 7) is 1.03. The third-order valence-corrected chi connectivity index (χ3v) is 3.68. The molecule has 0 heterocycles. The number of anilines is 1. The van der Waals surface area contributed by atoms with E-state index in [2.05, 4.69) is 5.32 Å². The zero-order chi connectivity index (χ0) is 17.4. The van der Waals surface area contributed by atoms with Gasteiger partial charge in [0, 0.05) is 32.2 Å². The van der Waals surface area contributed by atoms with Crippen molar-refractivity contribution in [1.82, 2.24) is 4.90 Å². The molecule has 2 aromatic rings. The topological polar surface area (TPSA) is 58.6 Å². The Hall–Kier alpha value is -2.82. The third-order valence-electron chi connectivity index (χ3n) is 3.68. The number of esters is 1. The largest absolute Gasteiger partial charge is 0.465 e. The minimum Gasteiger partial charge on any atom is -0.465 e. The van der Waals surface area contributed by atoms with E-state index in [1.54, 1.807) is 30.1 Å². The molecule has 0 bridgehead atoms. The van der Waals surface area contributed by atoms with Gasteiger partial charge in [0.25, 0.3) is 0 Å². The van der Waals surface area contributed by atoms with E-state index in [1.165, 1.54) is 7.11 Å². The van der Waals surface area contributed by atoms with Crippen molar-refractivity contribution < 1.29 is 14.3 Å². The highest BCUT2D eigenvalue weighted by Crippen LogP contribution is 2.16. The number of rotatable bonds is 7. The van der Waals surface area contributed by atoms with Crippen LogP contribution in [0.15, 0.2) is 54.6 Å². The van der Waals surface area contributed by atoms with Gasteiger partial charge in [-0.25, -0.2) is 4.79 Å². The van der Waals surface area contributed by atoms with Crippen LogP contribution in [0.2, 0.25) is 0 Å². The summed E-state index contributed by atoms with van der Waals surface area (Å²) in [5, 5.41) is 3.13. The molecule has 0 saturated heterocycles. The maximum Gasteiger partial charge on any atom is 0.339 e. The number of carbonyl (C=O) groups is 2. The van der Waals surface area contributed by atoms with Crippen LogP contribution in [0, 0.1) is 0 Å². The van der Waals surface area contributed by atoms with E-state index < -0.39 is 5.97 Å². The van der Waals surface area contributed by atoms with Gasteiger partial charge in [0.15, 0.2) is 0 Å². The molecule has 0 spiro atoms. The summed E-state index contributed by atoms with van der Waals surface area (Å²) in [5.74, 6) is -0.354. The predicted octanol–water partition coefficient (Wildman–Crippen LogP) is 2.93. The smallest absolute Gasteiger partial charge is 0.339 e. The van der Waals surface area contributed by atoms with Gasteiger partial charge in [-0.05, 0) is 17.7 Å². The number of nitrogens with zero attached hydrogens (tertiary/aromatic N) is 1. The number of carbonyl (C=O) groups excluding carboxylic acids is 2. The summed E-state index contributed by atoms with van der Waals surface area (Å²) >= 11 is 0. The fourth-order valence-electron chi connectivity index (χ4n) is 2.37. The van der Waals surface area contributed by atoms with Crippen LogP contribution in [0.4, 0.5) is 5.69 Å². The van der Waals surface area contributed by atoms with Crippen molar-refractivity contribution in [3.05, 3.63) is 65.7 Å². The van der Waals surface area contributed by atoms with Crippen LogP contribution in [-0.4, -0.2) is 37.5 Å². The second-order valence-corrected chi connectivity index (χ2v) is 5.45. The van der Waals surface area contributed by atoms with Gasteiger partial charge < -0.3 is 15.0 Å². The van der Waals surface area contributed by atoms with Gasteiger partial charge in [-0.1, -0.05) is 42.5 Å². The number of amides is 1. The summed E-state index contributed by atoms with van der Waals surface area (Å²) < 4.78 is 4.75. The standard InChI is InChI=1S/C19H22N2O3/c1-21(14-15-8-4-3-5-9-15)18(22)12-13-20-17-11-7-6-10-16(17)19(23)24-2/h3-11,20H,12-14H2,1-2H3. The van der Waals surface area contributed by atoms with Crippen molar-refractivity contribution in [2.45, 2.75) is 13.0 Å². The zero-order valence-corrected chi connectivity index (χ0v) is 14.0. The number of ether oxygens (including phenoxy) is 1. The minimum atomic E-state index is -0.398. The van der Waals surface area contributed by atoms with Crippen LogP contribution in [0.25, 0.3) is 0 Å². The Bertz CT molecular complexity index is 686. The molecule has 0 aliphatic rings. The molecule has 0 radical (unpaired) electrons. The second-order valence-electron chi connectivity index (χ2n) is 5.45. The van der Waals surface area contributed by atoms with Crippen LogP contribution in [0.3, 0.4) is 0 Å². The molecule has 2 rings (SSSR count). The van der Waals surface area contributed by atoms with Crippen LogP contribution >= 0.6 is 0 Å². The molecular weight excluding hydrogens is 304 g/mol. The Labute approximate surface area is 142 Å². The zero-order valence-electron chi connectivity index (χ0n) is 14.0. The summed E-state index contributed by atoms with van der Waals surface area (Å²) in [6, 6.07) is 16.9. The molecule has 1 N–H and O–H groups in total. The Morgan fingerprint density at radius 3 is 2.42 bits per heavy atom. The molecule has 0 fully saturated rings. The predicted molar refractivity (Wildman–Crippen MR) is 93.8 cm³/mol. The second kappa shape index (κ2) is 8.72. The average molecular weight is 326 g/mol. The van der Waals surface area contributed by atoms with Gasteiger partial charge in [-0.15, -0.1) is 0 Å². The molecule has 0 unspecified atom stereocenters. The van der Waals surface area contributed by atoms with Crippen molar-refractivity contribution in [1.29, 1.82) is 0 Å². The van der Waals surface area contributed by atoms with Gasteiger partial charge in [-0.2, -0.15) is 0 Å². The van der Waals surface area contributed by atoms with Crippen molar-refractivity contribution in [2.75, 3.05) is 26.0 Å². The Kier molecular flexibility index (Phi) is 6.37. The highest BCUT2D eigenvalue weighted by atomic mass is 16.5. The monoisotopic (exact) mass is 326 g/mol. The molecule has 126 valence electrons. The third kappa shape index (κ3) is 4.84. The normalized spacial score (nSPS) is 10.1. The average Bonchev–Trinajstić information content (AvgIpc) is 2.62. The van der Waals surface area contributed by atoms with Crippen LogP contribution in [-0.2, 0) is 16.1 Å². The number of hydrogen-bond acceptors (Lipinski definition) is 4. The Morgan fingerprint density at radius 2 is 1.71 bits per heavy atom. The SMILES string of the molecule is COC(=O)c1ccccc1NCCC(=O)N(C)Cc1ccccc1. The van der Waals surface area contributed by atoms with Crippen LogP contribution in [0.1, 0.15) is 22.3 Å². The molecule has 0 aliphatic heterocycles. The van der Waals surface area contributed by atoms with Gasteiger partial charge in [0.05, 0.1) is 12.7 Å². The molecule has 5 nitrogen and oxygen atoms in total. The van der Waals surface area contributed by atoms with Gasteiger partial charge in [0.1, 0.15) is 0 Å². The van der Waals surface area contributed by atoms with Gasteiger partial charge in [-0.3, -0.25) is 4.79 Å². The van der Waals surface area contributed by atoms with E-state index in [-0.39, 0.29) is 5.91 Å². The summed E-state index contributed by atoms with van der Waals surface area (Å²) in [6.07, 6.45) is 0.346. The maximum atomic E-state index is 12.2. The fourth-order valence-corrected chi connectivity index (χ4v) is 2.37. The lowest BCUT2D eigenvalue weighted by molar-refractivity contribution is -0.130. The summed E-state index contributed by atoms with van der Waals surface area (Å²) in [4.78, 5) is 25.6. The van der Waals surface area contributed by atoms with Crippen molar-refractivity contribution in [3.63, 3.8) is 0 Å². The molecule has 2 aromatic carbocycles. The highest BCUT2D eigenvalue weighted by Gasteiger charge is 2.12. The number of benzene rings is 2. The first-order valence-corrected chi connectivity index (χ1v) is 7.81. The van der Waals surface area contributed by atoms with E-state index in [0.29, 0.717) is 30.8 Å². The first-order valence-electron chi connectivity index (χ1n) is 7.81. The number of para-hydroxylation sites is 1. The molecule has 24 heavy (non-hydrogen) atoms. The number of nitrogens with one attached hydrogen (secondary N) is 1. The molecule has 1 amide bonds.